The topological polar surface area (TPSA) is 63.7 Å². The van der Waals surface area contributed by atoms with E-state index in [9.17, 15) is 13.2 Å². The second-order valence-electron chi connectivity index (χ2n) is 8.99. The van der Waals surface area contributed by atoms with Gasteiger partial charge < -0.3 is 9.64 Å². The highest BCUT2D eigenvalue weighted by Crippen LogP contribution is 2.19. The summed E-state index contributed by atoms with van der Waals surface area (Å²) < 4.78 is 30.1. The van der Waals surface area contributed by atoms with Crippen molar-refractivity contribution in [3.05, 3.63) is 72.3 Å². The molecule has 0 spiro atoms. The number of nitrogens with zero attached hydrogens (tertiary/aromatic N) is 1. The van der Waals surface area contributed by atoms with E-state index in [0.717, 1.165) is 43.0 Å². The number of hydrogen-bond acceptors (Lipinski definition) is 5. The van der Waals surface area contributed by atoms with E-state index in [-0.39, 0.29) is 5.75 Å². The molecule has 0 saturated heterocycles. The Labute approximate surface area is 211 Å². The van der Waals surface area contributed by atoms with E-state index in [4.69, 9.17) is 4.74 Å². The maximum absolute atomic E-state index is 12.6. The number of anilines is 1. The van der Waals surface area contributed by atoms with Gasteiger partial charge in [-0.3, -0.25) is 0 Å². The molecule has 0 N–H and O–H groups in total. The smallest absolute Gasteiger partial charge is 0.330 e. The number of sulfone groups is 1. The predicted octanol–water partition coefficient (Wildman–Crippen LogP) is 6.40. The molecular weight excluding hydrogens is 458 g/mol. The Hall–Kier alpha value is -2.86. The molecule has 0 amide bonds. The van der Waals surface area contributed by atoms with Crippen LogP contribution in [-0.4, -0.2) is 40.3 Å². The van der Waals surface area contributed by atoms with Crippen LogP contribution in [0.4, 0.5) is 5.69 Å². The van der Waals surface area contributed by atoms with Crippen molar-refractivity contribution in [3.8, 4) is 0 Å². The lowest BCUT2D eigenvalue weighted by Crippen LogP contribution is -2.23. The number of rotatable bonds is 15. The summed E-state index contributed by atoms with van der Waals surface area (Å²) >= 11 is 0. The first-order chi connectivity index (χ1) is 16.7. The van der Waals surface area contributed by atoms with E-state index in [2.05, 4.69) is 56.6 Å². The number of hydrogen-bond donors (Lipinski definition) is 0. The van der Waals surface area contributed by atoms with Crippen molar-refractivity contribution in [1.29, 1.82) is 0 Å². The fourth-order valence-electron chi connectivity index (χ4n) is 3.62. The van der Waals surface area contributed by atoms with Crippen LogP contribution in [0.5, 0.6) is 0 Å². The van der Waals surface area contributed by atoms with Crippen LogP contribution >= 0.6 is 0 Å². The molecule has 35 heavy (non-hydrogen) atoms. The van der Waals surface area contributed by atoms with Crippen molar-refractivity contribution in [2.75, 3.05) is 30.9 Å². The highest BCUT2D eigenvalue weighted by molar-refractivity contribution is 7.91. The van der Waals surface area contributed by atoms with Gasteiger partial charge in [-0.05, 0) is 54.2 Å². The summed E-state index contributed by atoms with van der Waals surface area (Å²) in [6.07, 6.45) is 9.24. The molecular formula is C29H39NO4S. The van der Waals surface area contributed by atoms with Crippen LogP contribution in [0.3, 0.4) is 0 Å². The summed E-state index contributed by atoms with van der Waals surface area (Å²) in [6, 6.07) is 15.5. The molecule has 0 unspecified atom stereocenters. The van der Waals surface area contributed by atoms with Gasteiger partial charge in [-0.15, -0.1) is 0 Å². The lowest BCUT2D eigenvalue weighted by molar-refractivity contribution is -0.137. The van der Waals surface area contributed by atoms with E-state index >= 15 is 0 Å². The summed E-state index contributed by atoms with van der Waals surface area (Å²) in [5, 5.41) is 0. The van der Waals surface area contributed by atoms with Crippen LogP contribution in [0.15, 0.2) is 66.1 Å². The second kappa shape index (κ2) is 14.5. The molecule has 0 aliphatic rings. The van der Waals surface area contributed by atoms with Crippen molar-refractivity contribution in [2.24, 2.45) is 5.92 Å². The standard InChI is InChI=1S/C29H39NO4S/c1-5-24(3)23-30(4)27-17-13-25(14-18-27)11-12-26-15-19-28(20-16-26)35(32,33)22-10-8-7-9-21-34-29(31)6-2/h6,11-20,24H,2,5,7-10,21-23H2,1,3-4H3/t24-/m1/s1. The van der Waals surface area contributed by atoms with Crippen LogP contribution < -0.4 is 4.90 Å². The molecule has 0 radical (unpaired) electrons. The van der Waals surface area contributed by atoms with E-state index in [1.807, 2.05) is 24.3 Å². The summed E-state index contributed by atoms with van der Waals surface area (Å²) in [5.74, 6) is 0.350. The maximum Gasteiger partial charge on any atom is 0.330 e. The number of esters is 1. The molecule has 0 heterocycles. The van der Waals surface area contributed by atoms with Crippen LogP contribution in [0.25, 0.3) is 12.2 Å². The Morgan fingerprint density at radius 1 is 0.971 bits per heavy atom. The van der Waals surface area contributed by atoms with Gasteiger partial charge in [0.05, 0.1) is 17.3 Å². The molecule has 6 heteroatoms. The fourth-order valence-corrected chi connectivity index (χ4v) is 4.99. The van der Waals surface area contributed by atoms with Crippen molar-refractivity contribution < 1.29 is 17.9 Å². The summed E-state index contributed by atoms with van der Waals surface area (Å²) in [7, 11) is -1.18. The highest BCUT2D eigenvalue weighted by atomic mass is 32.2. The zero-order valence-corrected chi connectivity index (χ0v) is 22.1. The van der Waals surface area contributed by atoms with Gasteiger partial charge in [0.2, 0.25) is 0 Å². The molecule has 190 valence electrons. The SMILES string of the molecule is C=CC(=O)OCCCCCCS(=O)(=O)c1ccc(C=Cc2ccc(N(C)C[C@H](C)CC)cc2)cc1. The molecule has 0 bridgehead atoms. The zero-order valence-electron chi connectivity index (χ0n) is 21.3. The van der Waals surface area contributed by atoms with Gasteiger partial charge in [0.15, 0.2) is 9.84 Å². The second-order valence-corrected chi connectivity index (χ2v) is 11.1. The minimum Gasteiger partial charge on any atom is -0.463 e. The van der Waals surface area contributed by atoms with E-state index in [1.165, 1.54) is 12.1 Å². The van der Waals surface area contributed by atoms with Crippen LogP contribution in [0.1, 0.15) is 57.1 Å². The number of carbonyl (C=O) groups is 1. The molecule has 0 saturated carbocycles. The molecule has 2 aromatic rings. The Balaban J connectivity index is 1.82. The van der Waals surface area contributed by atoms with Crippen molar-refractivity contribution in [2.45, 2.75) is 50.8 Å². The maximum atomic E-state index is 12.6. The molecule has 0 aliphatic carbocycles. The highest BCUT2D eigenvalue weighted by Gasteiger charge is 2.13. The number of ether oxygens (including phenoxy) is 1. The molecule has 0 aromatic heterocycles. The van der Waals surface area contributed by atoms with Crippen molar-refractivity contribution >= 4 is 33.6 Å². The van der Waals surface area contributed by atoms with E-state index in [0.29, 0.717) is 23.8 Å². The first-order valence-electron chi connectivity index (χ1n) is 12.4. The molecule has 0 fully saturated rings. The van der Waals surface area contributed by atoms with Gasteiger partial charge in [-0.2, -0.15) is 0 Å². The molecule has 2 aromatic carbocycles. The summed E-state index contributed by atoms with van der Waals surface area (Å²) in [5.41, 5.74) is 3.26. The van der Waals surface area contributed by atoms with Crippen LogP contribution in [0.2, 0.25) is 0 Å². The quantitative estimate of drug-likeness (QED) is 0.123. The van der Waals surface area contributed by atoms with Crippen molar-refractivity contribution in [3.63, 3.8) is 0 Å². The van der Waals surface area contributed by atoms with Gasteiger partial charge in [0.25, 0.3) is 0 Å². The lowest BCUT2D eigenvalue weighted by atomic mass is 10.1. The van der Waals surface area contributed by atoms with Crippen LogP contribution in [-0.2, 0) is 19.4 Å². The van der Waals surface area contributed by atoms with Gasteiger partial charge in [-0.1, -0.05) is 76.1 Å². The third kappa shape index (κ3) is 10.1. The molecule has 0 aliphatic heterocycles. The summed E-state index contributed by atoms with van der Waals surface area (Å²) in [4.78, 5) is 13.6. The minimum atomic E-state index is -3.31. The Bertz CT molecular complexity index is 1060. The van der Waals surface area contributed by atoms with Gasteiger partial charge in [0.1, 0.15) is 0 Å². The average molecular weight is 498 g/mol. The molecule has 1 atom stereocenters. The zero-order chi connectivity index (χ0) is 25.7. The minimum absolute atomic E-state index is 0.118. The van der Waals surface area contributed by atoms with Gasteiger partial charge in [0, 0.05) is 25.4 Å². The monoisotopic (exact) mass is 497 g/mol. The Morgan fingerprint density at radius 3 is 2.11 bits per heavy atom. The first kappa shape index (κ1) is 28.4. The lowest BCUT2D eigenvalue weighted by Gasteiger charge is -2.22. The van der Waals surface area contributed by atoms with Crippen molar-refractivity contribution in [1.82, 2.24) is 0 Å². The van der Waals surface area contributed by atoms with Gasteiger partial charge >= 0.3 is 5.97 Å². The average Bonchev–Trinajstić information content (AvgIpc) is 2.87. The third-order valence-corrected chi connectivity index (χ3v) is 7.86. The third-order valence-electron chi connectivity index (χ3n) is 6.04. The molecule has 2 rings (SSSR count). The van der Waals surface area contributed by atoms with Crippen LogP contribution in [0, 0.1) is 5.92 Å². The number of unbranched alkanes of at least 4 members (excludes halogenated alkanes) is 3. The molecule has 5 nitrogen and oxygen atoms in total. The Morgan fingerprint density at radius 2 is 1.54 bits per heavy atom. The number of benzene rings is 2. The summed E-state index contributed by atoms with van der Waals surface area (Å²) in [6.45, 7) is 9.20. The van der Waals surface area contributed by atoms with E-state index in [1.54, 1.807) is 12.1 Å². The largest absolute Gasteiger partial charge is 0.463 e. The normalized spacial score (nSPS) is 12.4. The predicted molar refractivity (Wildman–Crippen MR) is 146 cm³/mol. The number of carbonyl (C=O) groups excluding carboxylic acids is 1. The Kier molecular flexibility index (Phi) is 11.8. The van der Waals surface area contributed by atoms with Gasteiger partial charge in [-0.25, -0.2) is 13.2 Å². The fraction of sp³-hybridized carbons (Fsp3) is 0.414. The first-order valence-corrected chi connectivity index (χ1v) is 14.0. The van der Waals surface area contributed by atoms with E-state index < -0.39 is 15.8 Å².